The lowest BCUT2D eigenvalue weighted by Crippen LogP contribution is -2.43. The van der Waals surface area contributed by atoms with Crippen molar-refractivity contribution in [2.45, 2.75) is 38.8 Å². The molecule has 0 aromatic heterocycles. The maximum atomic E-state index is 11.9. The summed E-state index contributed by atoms with van der Waals surface area (Å²) < 4.78 is 10.9. The third-order valence-corrected chi connectivity index (χ3v) is 4.24. The Kier molecular flexibility index (Phi) is 7.82. The molecule has 4 nitrogen and oxygen atoms in total. The average Bonchev–Trinajstić information content (AvgIpc) is 2.62. The summed E-state index contributed by atoms with van der Waals surface area (Å²) in [6.45, 7) is 5.00. The van der Waals surface area contributed by atoms with E-state index in [4.69, 9.17) is 15.2 Å². The molecule has 1 aromatic carbocycles. The summed E-state index contributed by atoms with van der Waals surface area (Å²) in [5, 5.41) is 0. The van der Waals surface area contributed by atoms with Crippen LogP contribution in [0, 0.1) is 5.92 Å². The summed E-state index contributed by atoms with van der Waals surface area (Å²) in [4.78, 5) is 11.9. The van der Waals surface area contributed by atoms with E-state index < -0.39 is 5.72 Å². The van der Waals surface area contributed by atoms with Gasteiger partial charge in [0.05, 0.1) is 6.61 Å². The number of hydrogen-bond acceptors (Lipinski definition) is 4. The van der Waals surface area contributed by atoms with E-state index in [9.17, 15) is 4.79 Å². The largest absolute Gasteiger partial charge is 0.463 e. The number of unbranched alkanes of at least 4 members (excludes halogenated alkanes) is 1. The molecular formula is C22H29NO3. The average molecular weight is 355 g/mol. The number of carbonyl (C=O) groups excluding carboxylic acids is 1. The summed E-state index contributed by atoms with van der Waals surface area (Å²) in [6.07, 6.45) is 11.8. The fourth-order valence-corrected chi connectivity index (χ4v) is 2.90. The Balaban J connectivity index is 2.18. The zero-order valence-corrected chi connectivity index (χ0v) is 15.7. The molecule has 0 saturated heterocycles. The number of hydrogen-bond donors (Lipinski definition) is 1. The van der Waals surface area contributed by atoms with Gasteiger partial charge in [0.15, 0.2) is 0 Å². The van der Waals surface area contributed by atoms with Crippen molar-refractivity contribution >= 4 is 12.0 Å². The molecule has 0 heterocycles. The monoisotopic (exact) mass is 355 g/mol. The van der Waals surface area contributed by atoms with Gasteiger partial charge in [0.2, 0.25) is 0 Å². The van der Waals surface area contributed by atoms with Crippen LogP contribution in [0.4, 0.5) is 0 Å². The van der Waals surface area contributed by atoms with E-state index in [0.29, 0.717) is 19.6 Å². The molecule has 2 N–H and O–H groups in total. The number of rotatable bonds is 8. The maximum Gasteiger partial charge on any atom is 0.330 e. The summed E-state index contributed by atoms with van der Waals surface area (Å²) in [6, 6.07) is 10.1. The van der Waals surface area contributed by atoms with Crippen LogP contribution in [-0.2, 0) is 14.3 Å². The van der Waals surface area contributed by atoms with E-state index in [1.807, 2.05) is 55.5 Å². The van der Waals surface area contributed by atoms with Crippen LogP contribution in [0.3, 0.4) is 0 Å². The minimum absolute atomic E-state index is 0.00828. The first-order valence-corrected chi connectivity index (χ1v) is 9.29. The molecule has 2 atom stereocenters. The van der Waals surface area contributed by atoms with Crippen molar-refractivity contribution in [3.63, 3.8) is 0 Å². The standard InChI is InChI=1S/C22H29NO3/c1-3-5-15-25-21(24)12-11-19-13-14-22(23,26-4-2)17-20(19)16-18-9-7-6-8-10-18/h6-14,16,19H,3-5,15,17,23H2,1-2H3. The van der Waals surface area contributed by atoms with Crippen molar-refractivity contribution in [3.8, 4) is 0 Å². The minimum atomic E-state index is -0.804. The highest BCUT2D eigenvalue weighted by molar-refractivity contribution is 5.82. The Morgan fingerprint density at radius 1 is 1.31 bits per heavy atom. The van der Waals surface area contributed by atoms with E-state index in [-0.39, 0.29) is 11.9 Å². The van der Waals surface area contributed by atoms with Gasteiger partial charge < -0.3 is 9.47 Å². The zero-order chi connectivity index (χ0) is 18.8. The quantitative estimate of drug-likeness (QED) is 0.249. The summed E-state index contributed by atoms with van der Waals surface area (Å²) in [5.41, 5.74) is 7.74. The molecule has 0 fully saturated rings. The van der Waals surface area contributed by atoms with Crippen LogP contribution in [0.25, 0.3) is 6.08 Å². The highest BCUT2D eigenvalue weighted by atomic mass is 16.5. The molecule has 4 heteroatoms. The van der Waals surface area contributed by atoms with Gasteiger partial charge >= 0.3 is 5.97 Å². The van der Waals surface area contributed by atoms with E-state index in [2.05, 4.69) is 13.0 Å². The van der Waals surface area contributed by atoms with Gasteiger partial charge in [-0.05, 0) is 25.0 Å². The first-order valence-electron chi connectivity index (χ1n) is 9.29. The normalized spacial score (nSPS) is 24.3. The van der Waals surface area contributed by atoms with E-state index in [1.165, 1.54) is 6.08 Å². The predicted octanol–water partition coefficient (Wildman–Crippen LogP) is 4.24. The second-order valence-corrected chi connectivity index (χ2v) is 6.46. The van der Waals surface area contributed by atoms with Crippen LogP contribution in [0.15, 0.2) is 60.2 Å². The van der Waals surface area contributed by atoms with Crippen LogP contribution in [0.1, 0.15) is 38.7 Å². The van der Waals surface area contributed by atoms with Gasteiger partial charge in [-0.25, -0.2) is 4.79 Å². The number of ether oxygens (including phenoxy) is 2. The first-order chi connectivity index (χ1) is 12.6. The molecule has 0 bridgehead atoms. The van der Waals surface area contributed by atoms with Crippen LogP contribution < -0.4 is 5.73 Å². The number of carbonyl (C=O) groups is 1. The fraction of sp³-hybridized carbons (Fsp3) is 0.409. The van der Waals surface area contributed by atoms with Crippen molar-refractivity contribution in [2.75, 3.05) is 13.2 Å². The lowest BCUT2D eigenvalue weighted by molar-refractivity contribution is -0.137. The lowest BCUT2D eigenvalue weighted by atomic mass is 9.84. The third kappa shape index (κ3) is 6.28. The second kappa shape index (κ2) is 10.1. The van der Waals surface area contributed by atoms with E-state index in [0.717, 1.165) is 24.0 Å². The highest BCUT2D eigenvalue weighted by Gasteiger charge is 2.30. The van der Waals surface area contributed by atoms with Crippen molar-refractivity contribution in [1.29, 1.82) is 0 Å². The van der Waals surface area contributed by atoms with E-state index >= 15 is 0 Å². The zero-order valence-electron chi connectivity index (χ0n) is 15.7. The molecule has 1 aliphatic carbocycles. The topological polar surface area (TPSA) is 61.5 Å². The molecule has 0 aliphatic heterocycles. The molecule has 0 radical (unpaired) electrons. The number of esters is 1. The van der Waals surface area contributed by atoms with Crippen molar-refractivity contribution < 1.29 is 14.3 Å². The van der Waals surface area contributed by atoms with Crippen molar-refractivity contribution in [3.05, 3.63) is 65.8 Å². The SMILES string of the molecule is CCCCOC(=O)C=CC1C=CC(N)(OCC)CC1=Cc1ccccc1. The number of benzene rings is 1. The van der Waals surface area contributed by atoms with Gasteiger partial charge in [-0.15, -0.1) is 0 Å². The van der Waals surface area contributed by atoms with E-state index in [1.54, 1.807) is 0 Å². The molecule has 0 spiro atoms. The molecule has 2 rings (SSSR count). The maximum absolute atomic E-state index is 11.9. The minimum Gasteiger partial charge on any atom is -0.463 e. The number of allylic oxidation sites excluding steroid dienone is 2. The Hall–Kier alpha value is -2.17. The Morgan fingerprint density at radius 2 is 2.08 bits per heavy atom. The van der Waals surface area contributed by atoms with Gasteiger partial charge in [-0.2, -0.15) is 0 Å². The van der Waals surface area contributed by atoms with Crippen molar-refractivity contribution in [2.24, 2.45) is 11.7 Å². The van der Waals surface area contributed by atoms with Gasteiger partial charge in [-0.1, -0.05) is 67.5 Å². The van der Waals surface area contributed by atoms with Gasteiger partial charge in [0.1, 0.15) is 5.72 Å². The summed E-state index contributed by atoms with van der Waals surface area (Å²) in [5.74, 6) is -0.314. The van der Waals surface area contributed by atoms with Gasteiger partial charge in [0, 0.05) is 25.0 Å². The summed E-state index contributed by atoms with van der Waals surface area (Å²) in [7, 11) is 0. The van der Waals surface area contributed by atoms with Crippen LogP contribution >= 0.6 is 0 Å². The van der Waals surface area contributed by atoms with Crippen LogP contribution in [0.5, 0.6) is 0 Å². The Morgan fingerprint density at radius 3 is 2.77 bits per heavy atom. The lowest BCUT2D eigenvalue weighted by Gasteiger charge is -2.33. The molecule has 0 amide bonds. The van der Waals surface area contributed by atoms with Crippen molar-refractivity contribution in [1.82, 2.24) is 0 Å². The fourth-order valence-electron chi connectivity index (χ4n) is 2.90. The first kappa shape index (κ1) is 20.1. The molecular weight excluding hydrogens is 326 g/mol. The Bertz CT molecular complexity index is 663. The third-order valence-electron chi connectivity index (χ3n) is 4.24. The molecule has 1 aromatic rings. The highest BCUT2D eigenvalue weighted by Crippen LogP contribution is 2.32. The number of nitrogens with two attached hydrogens (primary N) is 1. The molecule has 2 unspecified atom stereocenters. The van der Waals surface area contributed by atoms with Gasteiger partial charge in [0.25, 0.3) is 0 Å². The smallest absolute Gasteiger partial charge is 0.330 e. The molecule has 140 valence electrons. The second-order valence-electron chi connectivity index (χ2n) is 6.46. The van der Waals surface area contributed by atoms with Crippen LogP contribution in [-0.4, -0.2) is 24.9 Å². The summed E-state index contributed by atoms with van der Waals surface area (Å²) >= 11 is 0. The van der Waals surface area contributed by atoms with Gasteiger partial charge in [-0.3, -0.25) is 5.73 Å². The Labute approximate surface area is 156 Å². The molecule has 0 saturated carbocycles. The molecule has 26 heavy (non-hydrogen) atoms. The predicted molar refractivity (Wildman–Crippen MR) is 105 cm³/mol. The van der Waals surface area contributed by atoms with Crippen LogP contribution in [0.2, 0.25) is 0 Å². The molecule has 1 aliphatic rings.